The lowest BCUT2D eigenvalue weighted by molar-refractivity contribution is -0.116. The summed E-state index contributed by atoms with van der Waals surface area (Å²) in [6.07, 6.45) is 0. The molecular formula is C23H16BrClN2O4. The van der Waals surface area contributed by atoms with E-state index in [1.807, 2.05) is 0 Å². The Bertz CT molecular complexity index is 1180. The van der Waals surface area contributed by atoms with E-state index in [0.717, 1.165) is 4.90 Å². The second-order valence-electron chi connectivity index (χ2n) is 6.87. The van der Waals surface area contributed by atoms with E-state index in [2.05, 4.69) is 15.9 Å². The first-order valence-electron chi connectivity index (χ1n) is 9.31. The highest BCUT2D eigenvalue weighted by molar-refractivity contribution is 9.10. The number of halogens is 2. The summed E-state index contributed by atoms with van der Waals surface area (Å²) in [4.78, 5) is 40.2. The molecule has 4 rings (SSSR count). The van der Waals surface area contributed by atoms with Crippen LogP contribution in [0.5, 0.6) is 11.5 Å². The fraction of sp³-hybridized carbons (Fsp3) is 0.0870. The summed E-state index contributed by atoms with van der Waals surface area (Å²) < 4.78 is 6.47. The first-order chi connectivity index (χ1) is 14.8. The van der Waals surface area contributed by atoms with Gasteiger partial charge in [0.25, 0.3) is 11.8 Å². The summed E-state index contributed by atoms with van der Waals surface area (Å²) in [5.41, 5.74) is 1.17. The number of benzene rings is 3. The van der Waals surface area contributed by atoms with Gasteiger partial charge in [0.05, 0.1) is 11.1 Å². The van der Waals surface area contributed by atoms with Crippen LogP contribution in [-0.2, 0) is 4.79 Å². The Morgan fingerprint density at radius 3 is 2.13 bits per heavy atom. The van der Waals surface area contributed by atoms with Crippen LogP contribution in [0.4, 0.5) is 5.69 Å². The molecule has 0 spiro atoms. The van der Waals surface area contributed by atoms with Crippen LogP contribution in [0, 0.1) is 0 Å². The van der Waals surface area contributed by atoms with E-state index in [9.17, 15) is 14.4 Å². The molecule has 0 saturated carbocycles. The summed E-state index contributed by atoms with van der Waals surface area (Å²) in [6, 6.07) is 18.7. The van der Waals surface area contributed by atoms with Gasteiger partial charge in [0, 0.05) is 22.1 Å². The molecule has 3 aromatic rings. The highest BCUT2D eigenvalue weighted by atomic mass is 79.9. The van der Waals surface area contributed by atoms with Gasteiger partial charge < -0.3 is 4.74 Å². The Hall–Kier alpha value is -3.16. The number of imide groups is 1. The minimum Gasteiger partial charge on any atom is -0.457 e. The number of nitrogens with zero attached hydrogens (tertiary/aromatic N) is 2. The maximum Gasteiger partial charge on any atom is 0.263 e. The molecule has 0 unspecified atom stereocenters. The Kier molecular flexibility index (Phi) is 5.80. The number of carbonyl (C=O) groups is 3. The Balaban J connectivity index is 1.53. The molecule has 0 radical (unpaired) electrons. The fourth-order valence-corrected chi connectivity index (χ4v) is 3.72. The van der Waals surface area contributed by atoms with Crippen molar-refractivity contribution in [3.63, 3.8) is 0 Å². The molecule has 6 nitrogen and oxygen atoms in total. The minimum absolute atomic E-state index is 0.184. The van der Waals surface area contributed by atoms with Crippen LogP contribution in [0.25, 0.3) is 0 Å². The molecule has 1 heterocycles. The second kappa shape index (κ2) is 8.53. The molecular weight excluding hydrogens is 484 g/mol. The molecule has 1 aliphatic rings. The smallest absolute Gasteiger partial charge is 0.263 e. The average molecular weight is 500 g/mol. The molecule has 0 bridgehead atoms. The number of rotatable bonds is 5. The van der Waals surface area contributed by atoms with Crippen molar-refractivity contribution in [1.82, 2.24) is 4.90 Å². The van der Waals surface area contributed by atoms with Crippen molar-refractivity contribution in [2.24, 2.45) is 0 Å². The standard InChI is InChI=1S/C23H16BrClN2O4/c1-14(28)26(13-27-22(29)20-11-2-15(24)12-21(20)23(27)30)17-5-9-19(10-6-17)31-18-7-3-16(25)4-8-18/h2-12H,13H2,1H3. The monoisotopic (exact) mass is 498 g/mol. The Morgan fingerprint density at radius 2 is 1.52 bits per heavy atom. The Labute approximate surface area is 192 Å². The minimum atomic E-state index is -0.435. The fourth-order valence-electron chi connectivity index (χ4n) is 3.23. The van der Waals surface area contributed by atoms with Gasteiger partial charge in [-0.15, -0.1) is 0 Å². The number of ether oxygens (including phenoxy) is 1. The average Bonchev–Trinajstić information content (AvgIpc) is 2.98. The van der Waals surface area contributed by atoms with E-state index < -0.39 is 11.8 Å². The number of hydrogen-bond acceptors (Lipinski definition) is 4. The highest BCUT2D eigenvalue weighted by Crippen LogP contribution is 2.29. The quantitative estimate of drug-likeness (QED) is 0.435. The maximum absolute atomic E-state index is 12.7. The van der Waals surface area contributed by atoms with Gasteiger partial charge in [-0.2, -0.15) is 0 Å². The molecule has 0 aliphatic carbocycles. The van der Waals surface area contributed by atoms with E-state index in [1.54, 1.807) is 66.7 Å². The molecule has 0 saturated heterocycles. The number of carbonyl (C=O) groups excluding carboxylic acids is 3. The van der Waals surface area contributed by atoms with Gasteiger partial charge in [0.1, 0.15) is 18.2 Å². The molecule has 0 aromatic heterocycles. The van der Waals surface area contributed by atoms with Crippen LogP contribution in [0.2, 0.25) is 5.02 Å². The van der Waals surface area contributed by atoms with Crippen molar-refractivity contribution < 1.29 is 19.1 Å². The number of amides is 3. The molecule has 1 aliphatic heterocycles. The summed E-state index contributed by atoms with van der Waals surface area (Å²) in [7, 11) is 0. The number of fused-ring (bicyclic) bond motifs is 1. The third kappa shape index (κ3) is 4.33. The topological polar surface area (TPSA) is 66.9 Å². The Morgan fingerprint density at radius 1 is 0.935 bits per heavy atom. The molecule has 0 N–H and O–H groups in total. The maximum atomic E-state index is 12.7. The molecule has 8 heteroatoms. The summed E-state index contributed by atoms with van der Waals surface area (Å²) >= 11 is 9.19. The van der Waals surface area contributed by atoms with Gasteiger partial charge in [-0.25, -0.2) is 0 Å². The van der Waals surface area contributed by atoms with Gasteiger partial charge in [-0.1, -0.05) is 27.5 Å². The highest BCUT2D eigenvalue weighted by Gasteiger charge is 2.37. The van der Waals surface area contributed by atoms with Crippen LogP contribution >= 0.6 is 27.5 Å². The van der Waals surface area contributed by atoms with Gasteiger partial charge >= 0.3 is 0 Å². The van der Waals surface area contributed by atoms with Crippen molar-refractivity contribution in [2.75, 3.05) is 11.6 Å². The van der Waals surface area contributed by atoms with E-state index in [1.165, 1.54) is 11.8 Å². The normalized spacial score (nSPS) is 12.7. The van der Waals surface area contributed by atoms with E-state index >= 15 is 0 Å². The number of anilines is 1. The molecule has 0 fully saturated rings. The summed E-state index contributed by atoms with van der Waals surface area (Å²) in [6.45, 7) is 1.20. The molecule has 0 atom stereocenters. The third-order valence-corrected chi connectivity index (χ3v) is 5.54. The lowest BCUT2D eigenvalue weighted by atomic mass is 10.1. The van der Waals surface area contributed by atoms with Crippen molar-refractivity contribution >= 4 is 50.9 Å². The summed E-state index contributed by atoms with van der Waals surface area (Å²) in [5, 5.41) is 0.611. The van der Waals surface area contributed by atoms with Gasteiger partial charge in [-0.05, 0) is 66.7 Å². The summed E-state index contributed by atoms with van der Waals surface area (Å²) in [5.74, 6) is 0.0266. The van der Waals surface area contributed by atoms with Crippen LogP contribution in [0.3, 0.4) is 0 Å². The molecule has 3 aromatic carbocycles. The molecule has 156 valence electrons. The van der Waals surface area contributed by atoms with Crippen LogP contribution in [0.15, 0.2) is 71.2 Å². The zero-order valence-corrected chi connectivity index (χ0v) is 18.7. The van der Waals surface area contributed by atoms with E-state index in [0.29, 0.717) is 37.8 Å². The van der Waals surface area contributed by atoms with Crippen LogP contribution in [0.1, 0.15) is 27.6 Å². The van der Waals surface area contributed by atoms with Crippen molar-refractivity contribution in [2.45, 2.75) is 6.92 Å². The second-order valence-corrected chi connectivity index (χ2v) is 8.22. The zero-order valence-electron chi connectivity index (χ0n) is 16.3. The predicted molar refractivity (Wildman–Crippen MR) is 121 cm³/mol. The van der Waals surface area contributed by atoms with Gasteiger partial charge in [0.15, 0.2) is 0 Å². The zero-order chi connectivity index (χ0) is 22.1. The SMILES string of the molecule is CC(=O)N(CN1C(=O)c2ccc(Br)cc2C1=O)c1ccc(Oc2ccc(Cl)cc2)cc1. The molecule has 3 amide bonds. The lowest BCUT2D eigenvalue weighted by Crippen LogP contribution is -2.43. The molecule has 31 heavy (non-hydrogen) atoms. The van der Waals surface area contributed by atoms with Crippen LogP contribution < -0.4 is 9.64 Å². The van der Waals surface area contributed by atoms with Crippen LogP contribution in [-0.4, -0.2) is 29.3 Å². The van der Waals surface area contributed by atoms with Gasteiger partial charge in [0.2, 0.25) is 5.91 Å². The van der Waals surface area contributed by atoms with E-state index in [4.69, 9.17) is 16.3 Å². The van der Waals surface area contributed by atoms with Crippen molar-refractivity contribution in [3.8, 4) is 11.5 Å². The van der Waals surface area contributed by atoms with E-state index in [-0.39, 0.29) is 12.6 Å². The number of hydrogen-bond donors (Lipinski definition) is 0. The first-order valence-corrected chi connectivity index (χ1v) is 10.5. The first kappa shape index (κ1) is 21.1. The lowest BCUT2D eigenvalue weighted by Gasteiger charge is -2.26. The van der Waals surface area contributed by atoms with Gasteiger partial charge in [-0.3, -0.25) is 24.2 Å². The van der Waals surface area contributed by atoms with Crippen molar-refractivity contribution in [1.29, 1.82) is 0 Å². The largest absolute Gasteiger partial charge is 0.457 e. The van der Waals surface area contributed by atoms with Crippen molar-refractivity contribution in [3.05, 3.63) is 87.4 Å². The predicted octanol–water partition coefficient (Wildman–Crippen LogP) is 5.50. The third-order valence-electron chi connectivity index (χ3n) is 4.79.